The van der Waals surface area contributed by atoms with Crippen molar-refractivity contribution >= 4 is 24.6 Å². The number of hydrogen-bond donors (Lipinski definition) is 1. The van der Waals surface area contributed by atoms with Gasteiger partial charge in [0.15, 0.2) is 12.6 Å². The van der Waals surface area contributed by atoms with Crippen LogP contribution in [0.5, 0.6) is 0 Å². The first kappa shape index (κ1) is 28.0. The maximum absolute atomic E-state index is 8.78. The van der Waals surface area contributed by atoms with E-state index in [9.17, 15) is 0 Å². The van der Waals surface area contributed by atoms with Crippen LogP contribution in [-0.2, 0) is 18.9 Å². The molecule has 8 heteroatoms. The first-order valence-electron chi connectivity index (χ1n) is 10.5. The maximum Gasteiger partial charge on any atom is 0.157 e. The number of ether oxygens (including phenoxy) is 4. The van der Waals surface area contributed by atoms with Crippen LogP contribution in [0.15, 0.2) is 12.7 Å². The van der Waals surface area contributed by atoms with Crippen LogP contribution in [0.3, 0.4) is 0 Å². The monoisotopic (exact) mass is 429 g/mol. The molecule has 28 heavy (non-hydrogen) atoms. The van der Waals surface area contributed by atoms with Gasteiger partial charge in [0.05, 0.1) is 34.5 Å². The SMILES string of the molecule is C=CC[Si](C)(C)CCC1OCCO1.C[Si](C)(CCCO)CCC1OCCO1.[B]. The highest BCUT2D eigenvalue weighted by molar-refractivity contribution is 6.78. The highest BCUT2D eigenvalue weighted by Crippen LogP contribution is 2.23. The summed E-state index contributed by atoms with van der Waals surface area (Å²) in [4.78, 5) is 0. The smallest absolute Gasteiger partial charge is 0.157 e. The molecule has 0 atom stereocenters. The molecule has 2 saturated heterocycles. The minimum Gasteiger partial charge on any atom is -0.396 e. The van der Waals surface area contributed by atoms with E-state index in [0.29, 0.717) is 6.61 Å². The zero-order valence-corrected chi connectivity index (χ0v) is 20.6. The van der Waals surface area contributed by atoms with Crippen LogP contribution in [0, 0.1) is 0 Å². The first-order chi connectivity index (χ1) is 12.8. The molecule has 0 saturated carbocycles. The van der Waals surface area contributed by atoms with Crippen molar-refractivity contribution in [3.05, 3.63) is 12.7 Å². The molecule has 2 rings (SSSR count). The number of aliphatic hydroxyl groups excluding tert-OH is 1. The molecule has 0 aromatic carbocycles. The molecule has 0 aromatic heterocycles. The Bertz CT molecular complexity index is 398. The Morgan fingerprint density at radius 2 is 1.25 bits per heavy atom. The van der Waals surface area contributed by atoms with Gasteiger partial charge in [0.2, 0.25) is 0 Å². The molecule has 2 fully saturated rings. The van der Waals surface area contributed by atoms with Crippen molar-refractivity contribution in [2.24, 2.45) is 0 Å². The van der Waals surface area contributed by atoms with Gasteiger partial charge in [-0.2, -0.15) is 0 Å². The largest absolute Gasteiger partial charge is 0.396 e. The predicted octanol–water partition coefficient (Wildman–Crippen LogP) is 4.10. The van der Waals surface area contributed by atoms with Gasteiger partial charge in [0, 0.05) is 23.1 Å². The zero-order chi connectivity index (χ0) is 20.2. The van der Waals surface area contributed by atoms with Gasteiger partial charge >= 0.3 is 0 Å². The van der Waals surface area contributed by atoms with Gasteiger partial charge in [-0.1, -0.05) is 50.4 Å². The third-order valence-corrected chi connectivity index (χ3v) is 11.6. The molecule has 0 spiro atoms. The Morgan fingerprint density at radius 3 is 1.64 bits per heavy atom. The molecule has 2 aliphatic heterocycles. The Balaban J connectivity index is 0.000000504. The minimum atomic E-state index is -1.11. The van der Waals surface area contributed by atoms with E-state index in [2.05, 4.69) is 32.8 Å². The summed E-state index contributed by atoms with van der Waals surface area (Å²) in [7, 11) is -2.16. The molecule has 0 unspecified atom stereocenters. The topological polar surface area (TPSA) is 57.2 Å². The lowest BCUT2D eigenvalue weighted by atomic mass is 10.5. The fraction of sp³-hybridized carbons (Fsp3) is 0.900. The van der Waals surface area contributed by atoms with E-state index in [-0.39, 0.29) is 21.0 Å². The van der Waals surface area contributed by atoms with E-state index in [1.165, 1.54) is 24.2 Å². The average Bonchev–Trinajstić information content (AvgIpc) is 3.31. The lowest BCUT2D eigenvalue weighted by Crippen LogP contribution is -2.27. The summed E-state index contributed by atoms with van der Waals surface area (Å²) >= 11 is 0. The summed E-state index contributed by atoms with van der Waals surface area (Å²) in [5.74, 6) is 0. The minimum absolute atomic E-state index is 0. The highest BCUT2D eigenvalue weighted by atomic mass is 28.3. The van der Waals surface area contributed by atoms with Gasteiger partial charge in [-0.3, -0.25) is 0 Å². The van der Waals surface area contributed by atoms with Crippen LogP contribution >= 0.6 is 0 Å². The third kappa shape index (κ3) is 13.3. The molecule has 0 aliphatic carbocycles. The lowest BCUT2D eigenvalue weighted by Gasteiger charge is -2.23. The third-order valence-electron chi connectivity index (χ3n) is 5.20. The molecule has 5 nitrogen and oxygen atoms in total. The molecule has 0 amide bonds. The second-order valence-corrected chi connectivity index (χ2v) is 19.6. The molecule has 163 valence electrons. The lowest BCUT2D eigenvalue weighted by molar-refractivity contribution is -0.0434. The quantitative estimate of drug-likeness (QED) is 0.396. The molecule has 1 N–H and O–H groups in total. The number of rotatable bonds is 11. The molecule has 0 bridgehead atoms. The van der Waals surface area contributed by atoms with Gasteiger partial charge in [0.1, 0.15) is 0 Å². The van der Waals surface area contributed by atoms with Crippen LogP contribution in [0.4, 0.5) is 0 Å². The van der Waals surface area contributed by atoms with E-state index >= 15 is 0 Å². The molecule has 0 aromatic rings. The van der Waals surface area contributed by atoms with Gasteiger partial charge < -0.3 is 24.1 Å². The normalized spacial score (nSPS) is 18.5. The van der Waals surface area contributed by atoms with Crippen molar-refractivity contribution in [1.29, 1.82) is 0 Å². The van der Waals surface area contributed by atoms with E-state index in [0.717, 1.165) is 45.7 Å². The van der Waals surface area contributed by atoms with Crippen molar-refractivity contribution in [2.75, 3.05) is 33.0 Å². The van der Waals surface area contributed by atoms with Gasteiger partial charge in [-0.25, -0.2) is 0 Å². The first-order valence-corrected chi connectivity index (χ1v) is 17.3. The van der Waals surface area contributed by atoms with E-state index < -0.39 is 16.1 Å². The molecule has 2 aliphatic rings. The summed E-state index contributed by atoms with van der Waals surface area (Å²) in [6.07, 6.45) is 5.22. The summed E-state index contributed by atoms with van der Waals surface area (Å²) in [5.41, 5.74) is 0. The fourth-order valence-electron chi connectivity index (χ4n) is 3.34. The maximum atomic E-state index is 8.78. The summed E-state index contributed by atoms with van der Waals surface area (Å²) in [6, 6.07) is 4.90. The van der Waals surface area contributed by atoms with Crippen molar-refractivity contribution in [2.45, 2.75) is 82.2 Å². The van der Waals surface area contributed by atoms with Crippen molar-refractivity contribution < 1.29 is 24.1 Å². The van der Waals surface area contributed by atoms with Crippen LogP contribution in [-0.4, -0.2) is 75.3 Å². The van der Waals surface area contributed by atoms with E-state index in [1.807, 2.05) is 6.08 Å². The summed E-state index contributed by atoms with van der Waals surface area (Å²) in [5, 5.41) is 8.78. The predicted molar refractivity (Wildman–Crippen MR) is 122 cm³/mol. The standard InChI is InChI=1S/C10H22O3Si.C10H20O2Si.B/c1-14(2,8-3-5-11)9-4-10-12-6-7-13-10;1-4-8-13(2,3)9-5-10-11-6-7-12-10;/h10-11H,3-9H2,1-2H3;4,10H,1,5-9H2,2-3H3;. The molecule has 2 heterocycles. The van der Waals surface area contributed by atoms with Gasteiger partial charge in [-0.15, -0.1) is 6.58 Å². The average molecular weight is 430 g/mol. The summed E-state index contributed by atoms with van der Waals surface area (Å²) in [6.45, 7) is 16.7. The number of aliphatic hydroxyl groups is 1. The van der Waals surface area contributed by atoms with Crippen LogP contribution in [0.1, 0.15) is 19.3 Å². The van der Waals surface area contributed by atoms with Crippen molar-refractivity contribution in [1.82, 2.24) is 0 Å². The van der Waals surface area contributed by atoms with E-state index in [1.54, 1.807) is 0 Å². The van der Waals surface area contributed by atoms with E-state index in [4.69, 9.17) is 24.1 Å². The Hall–Kier alpha value is 0.0387. The van der Waals surface area contributed by atoms with Gasteiger partial charge in [0.25, 0.3) is 0 Å². The zero-order valence-electron chi connectivity index (χ0n) is 18.6. The summed E-state index contributed by atoms with van der Waals surface area (Å²) < 4.78 is 21.6. The second kappa shape index (κ2) is 14.9. The van der Waals surface area contributed by atoms with Crippen molar-refractivity contribution in [3.63, 3.8) is 0 Å². The van der Waals surface area contributed by atoms with Gasteiger partial charge in [-0.05, 0) is 25.3 Å². The molecular formula is C20H42BO5Si2. The molecular weight excluding hydrogens is 387 g/mol. The highest BCUT2D eigenvalue weighted by Gasteiger charge is 2.24. The fourth-order valence-corrected chi connectivity index (χ4v) is 7.73. The Labute approximate surface area is 176 Å². The molecule has 3 radical (unpaired) electrons. The van der Waals surface area contributed by atoms with Crippen LogP contribution in [0.25, 0.3) is 0 Å². The number of allylic oxidation sites excluding steroid dienone is 1. The van der Waals surface area contributed by atoms with Crippen LogP contribution < -0.4 is 0 Å². The second-order valence-electron chi connectivity index (χ2n) is 9.07. The van der Waals surface area contributed by atoms with Crippen molar-refractivity contribution in [3.8, 4) is 0 Å². The Morgan fingerprint density at radius 1 is 0.821 bits per heavy atom. The number of hydrogen-bond acceptors (Lipinski definition) is 5. The Kier molecular flexibility index (Phi) is 15.0. The van der Waals surface area contributed by atoms with Crippen LogP contribution in [0.2, 0.25) is 50.4 Å².